The highest BCUT2D eigenvalue weighted by Crippen LogP contribution is 2.28. The third-order valence-corrected chi connectivity index (χ3v) is 4.54. The van der Waals surface area contributed by atoms with Crippen LogP contribution in [-0.2, 0) is 4.79 Å². The molecule has 1 aliphatic rings. The molecule has 1 aromatic carbocycles. The van der Waals surface area contributed by atoms with E-state index >= 15 is 0 Å². The fourth-order valence-corrected chi connectivity index (χ4v) is 3.01. The topological polar surface area (TPSA) is 49.6 Å². The zero-order chi connectivity index (χ0) is 14.2. The largest absolute Gasteiger partial charge is 0.354 e. The lowest BCUT2D eigenvalue weighted by Gasteiger charge is -2.44. The van der Waals surface area contributed by atoms with Crippen molar-refractivity contribution in [3.8, 4) is 0 Å². The van der Waals surface area contributed by atoms with Crippen LogP contribution in [0.15, 0.2) is 22.7 Å². The Balaban J connectivity index is 2.39. The number of hydrogen-bond acceptors (Lipinski definition) is 3. The first-order valence-electron chi connectivity index (χ1n) is 6.45. The number of likely N-dealkylation sites (N-methyl/N-ethyl adjacent to an activating group) is 1. The molecule has 2 atom stereocenters. The van der Waals surface area contributed by atoms with E-state index in [1.807, 2.05) is 14.0 Å². The summed E-state index contributed by atoms with van der Waals surface area (Å²) in [7, 11) is 1.84. The van der Waals surface area contributed by atoms with Gasteiger partial charge in [0.05, 0.1) is 0 Å². The highest BCUT2D eigenvalue weighted by molar-refractivity contribution is 9.10. The number of halogens is 1. The van der Waals surface area contributed by atoms with Gasteiger partial charge in [-0.15, -0.1) is 0 Å². The number of nitrogens with two attached hydrogens (primary N) is 1. The normalized spacial score (nSPS) is 23.9. The Kier molecular flexibility index (Phi) is 4.16. The van der Waals surface area contributed by atoms with Crippen LogP contribution in [0.5, 0.6) is 0 Å². The van der Waals surface area contributed by atoms with Gasteiger partial charge in [0.2, 0.25) is 5.91 Å². The SMILES string of the molecule is Cc1ccc(N2C(C)CN(C)C(=O)C2CN)cc1Br. The van der Waals surface area contributed by atoms with E-state index < -0.39 is 0 Å². The quantitative estimate of drug-likeness (QED) is 0.901. The maximum Gasteiger partial charge on any atom is 0.246 e. The first-order chi connectivity index (χ1) is 8.95. The highest BCUT2D eigenvalue weighted by Gasteiger charge is 2.36. The molecule has 0 saturated carbocycles. The van der Waals surface area contributed by atoms with Crippen LogP contribution < -0.4 is 10.6 Å². The van der Waals surface area contributed by atoms with Crippen molar-refractivity contribution in [2.75, 3.05) is 25.0 Å². The monoisotopic (exact) mass is 325 g/mol. The molecule has 1 heterocycles. The number of hydrogen-bond donors (Lipinski definition) is 1. The molecule has 1 amide bonds. The van der Waals surface area contributed by atoms with Crippen LogP contribution in [-0.4, -0.2) is 43.0 Å². The van der Waals surface area contributed by atoms with E-state index in [0.29, 0.717) is 6.54 Å². The summed E-state index contributed by atoms with van der Waals surface area (Å²) in [6, 6.07) is 6.15. The van der Waals surface area contributed by atoms with Crippen molar-refractivity contribution in [3.05, 3.63) is 28.2 Å². The van der Waals surface area contributed by atoms with E-state index in [-0.39, 0.29) is 18.0 Å². The fraction of sp³-hybridized carbons (Fsp3) is 0.500. The smallest absolute Gasteiger partial charge is 0.246 e. The van der Waals surface area contributed by atoms with Crippen LogP contribution in [0.25, 0.3) is 0 Å². The van der Waals surface area contributed by atoms with Crippen molar-refractivity contribution in [2.45, 2.75) is 25.9 Å². The lowest BCUT2D eigenvalue weighted by molar-refractivity contribution is -0.133. The van der Waals surface area contributed by atoms with Crippen molar-refractivity contribution >= 4 is 27.5 Å². The standard InChI is InChI=1S/C14H20BrN3O/c1-9-4-5-11(6-12(9)15)18-10(2)8-17(3)14(19)13(18)7-16/h4-6,10,13H,7-8,16H2,1-3H3. The van der Waals surface area contributed by atoms with Crippen molar-refractivity contribution in [1.29, 1.82) is 0 Å². The summed E-state index contributed by atoms with van der Waals surface area (Å²) in [5, 5.41) is 0. The number of benzene rings is 1. The minimum absolute atomic E-state index is 0.0947. The number of amides is 1. The Labute approximate surface area is 122 Å². The summed E-state index contributed by atoms with van der Waals surface area (Å²) in [4.78, 5) is 16.1. The number of aryl methyl sites for hydroxylation is 1. The van der Waals surface area contributed by atoms with E-state index in [9.17, 15) is 4.79 Å². The van der Waals surface area contributed by atoms with E-state index in [1.54, 1.807) is 4.90 Å². The maximum absolute atomic E-state index is 12.2. The third-order valence-electron chi connectivity index (χ3n) is 3.69. The van der Waals surface area contributed by atoms with Crippen molar-refractivity contribution in [3.63, 3.8) is 0 Å². The van der Waals surface area contributed by atoms with Crippen LogP contribution in [0.4, 0.5) is 5.69 Å². The predicted molar refractivity (Wildman–Crippen MR) is 81.3 cm³/mol. The van der Waals surface area contributed by atoms with Gasteiger partial charge in [-0.1, -0.05) is 22.0 Å². The molecule has 1 aliphatic heterocycles. The van der Waals surface area contributed by atoms with Gasteiger partial charge >= 0.3 is 0 Å². The molecule has 2 N–H and O–H groups in total. The molecule has 0 bridgehead atoms. The Bertz CT molecular complexity index is 492. The van der Waals surface area contributed by atoms with Crippen molar-refractivity contribution in [1.82, 2.24) is 4.90 Å². The lowest BCUT2D eigenvalue weighted by Crippen LogP contribution is -2.62. The molecule has 104 valence electrons. The average Bonchev–Trinajstić information content (AvgIpc) is 2.37. The Morgan fingerprint density at radius 1 is 1.47 bits per heavy atom. The number of anilines is 1. The van der Waals surface area contributed by atoms with Crippen molar-refractivity contribution in [2.24, 2.45) is 5.73 Å². The van der Waals surface area contributed by atoms with Gasteiger partial charge in [-0.25, -0.2) is 0 Å². The van der Waals surface area contributed by atoms with Gasteiger partial charge in [-0.05, 0) is 31.5 Å². The maximum atomic E-state index is 12.2. The Hall–Kier alpha value is -1.07. The minimum atomic E-state index is -0.275. The molecule has 0 aliphatic carbocycles. The summed E-state index contributed by atoms with van der Waals surface area (Å²) in [5.41, 5.74) is 8.04. The van der Waals surface area contributed by atoms with Crippen LogP contribution >= 0.6 is 15.9 Å². The van der Waals surface area contributed by atoms with Gasteiger partial charge < -0.3 is 15.5 Å². The summed E-state index contributed by atoms with van der Waals surface area (Å²) in [6.45, 7) is 5.23. The van der Waals surface area contributed by atoms with E-state index in [4.69, 9.17) is 5.73 Å². The molecule has 2 rings (SSSR count). The molecule has 19 heavy (non-hydrogen) atoms. The van der Waals surface area contributed by atoms with Gasteiger partial charge in [-0.3, -0.25) is 4.79 Å². The van der Waals surface area contributed by atoms with Crippen LogP contribution in [0.2, 0.25) is 0 Å². The number of carbonyl (C=O) groups is 1. The van der Waals surface area contributed by atoms with Gasteiger partial charge in [0, 0.05) is 36.3 Å². The number of carbonyl (C=O) groups excluding carboxylic acids is 1. The average molecular weight is 326 g/mol. The van der Waals surface area contributed by atoms with Crippen LogP contribution in [0, 0.1) is 6.92 Å². The summed E-state index contributed by atoms with van der Waals surface area (Å²) in [6.07, 6.45) is 0. The number of piperazine rings is 1. The molecular weight excluding hydrogens is 306 g/mol. The molecule has 0 aromatic heterocycles. The molecular formula is C14H20BrN3O. The second-order valence-electron chi connectivity index (χ2n) is 5.16. The predicted octanol–water partition coefficient (Wildman–Crippen LogP) is 1.75. The van der Waals surface area contributed by atoms with Crippen LogP contribution in [0.1, 0.15) is 12.5 Å². The minimum Gasteiger partial charge on any atom is -0.354 e. The lowest BCUT2D eigenvalue weighted by atomic mass is 10.0. The molecule has 0 spiro atoms. The highest BCUT2D eigenvalue weighted by atomic mass is 79.9. The molecule has 0 radical (unpaired) electrons. The van der Waals surface area contributed by atoms with Gasteiger partial charge in [-0.2, -0.15) is 0 Å². The van der Waals surface area contributed by atoms with Gasteiger partial charge in [0.15, 0.2) is 0 Å². The second-order valence-corrected chi connectivity index (χ2v) is 6.01. The molecule has 1 fully saturated rings. The Morgan fingerprint density at radius 3 is 2.74 bits per heavy atom. The van der Waals surface area contributed by atoms with E-state index in [2.05, 4.69) is 46.0 Å². The van der Waals surface area contributed by atoms with Gasteiger partial charge in [0.1, 0.15) is 6.04 Å². The molecule has 1 saturated heterocycles. The molecule has 2 unspecified atom stereocenters. The fourth-order valence-electron chi connectivity index (χ4n) is 2.65. The first kappa shape index (κ1) is 14.3. The molecule has 1 aromatic rings. The first-order valence-corrected chi connectivity index (χ1v) is 7.24. The number of rotatable bonds is 2. The summed E-state index contributed by atoms with van der Waals surface area (Å²) in [5.74, 6) is 0.0947. The third kappa shape index (κ3) is 2.62. The molecule has 5 heteroatoms. The van der Waals surface area contributed by atoms with E-state index in [0.717, 1.165) is 16.7 Å². The zero-order valence-electron chi connectivity index (χ0n) is 11.6. The molecule has 4 nitrogen and oxygen atoms in total. The van der Waals surface area contributed by atoms with E-state index in [1.165, 1.54) is 5.56 Å². The number of nitrogens with zero attached hydrogens (tertiary/aromatic N) is 2. The zero-order valence-corrected chi connectivity index (χ0v) is 13.1. The summed E-state index contributed by atoms with van der Waals surface area (Å²) >= 11 is 3.55. The summed E-state index contributed by atoms with van der Waals surface area (Å²) < 4.78 is 1.05. The van der Waals surface area contributed by atoms with Crippen LogP contribution in [0.3, 0.4) is 0 Å². The van der Waals surface area contributed by atoms with Crippen molar-refractivity contribution < 1.29 is 4.79 Å². The second kappa shape index (κ2) is 5.51. The Morgan fingerprint density at radius 2 is 2.16 bits per heavy atom. The van der Waals surface area contributed by atoms with Gasteiger partial charge in [0.25, 0.3) is 0 Å².